The van der Waals surface area contributed by atoms with E-state index in [4.69, 9.17) is 9.47 Å². The second-order valence-electron chi connectivity index (χ2n) is 14.2. The molecule has 0 aromatic carbocycles. The second kappa shape index (κ2) is 39.1. The van der Waals surface area contributed by atoms with Crippen molar-refractivity contribution in [3.8, 4) is 0 Å². The number of ether oxygens (including phenoxy) is 2. The summed E-state index contributed by atoms with van der Waals surface area (Å²) in [6.45, 7) is 5.57. The third kappa shape index (κ3) is 40.5. The average molecular weight is 832 g/mol. The van der Waals surface area contributed by atoms with E-state index in [-0.39, 0.29) is 11.9 Å². The summed E-state index contributed by atoms with van der Waals surface area (Å²) in [7, 11) is 4.01. The molecule has 0 unspecified atom stereocenters. The van der Waals surface area contributed by atoms with Crippen LogP contribution in [-0.4, -0.2) is 52.3 Å². The zero-order valence-corrected chi connectivity index (χ0v) is 37.4. The van der Waals surface area contributed by atoms with E-state index < -0.39 is 15.6 Å². The predicted molar refractivity (Wildman–Crippen MR) is 223 cm³/mol. The van der Waals surface area contributed by atoms with Gasteiger partial charge < -0.3 is 0 Å². The predicted octanol–water partition coefficient (Wildman–Crippen LogP) is 14.3. The van der Waals surface area contributed by atoms with Crippen LogP contribution in [-0.2, 0) is 19.1 Å². The Morgan fingerprint density at radius 1 is 0.449 bits per heavy atom. The molecule has 0 aliphatic rings. The van der Waals surface area contributed by atoms with Crippen molar-refractivity contribution in [2.45, 2.75) is 204 Å². The first-order valence-electron chi connectivity index (χ1n) is 20.8. The van der Waals surface area contributed by atoms with Crippen LogP contribution < -0.4 is 0 Å². The van der Waals surface area contributed by atoms with Crippen LogP contribution in [0.25, 0.3) is 0 Å². The quantitative estimate of drug-likeness (QED) is 0.0267. The Kier molecular flexibility index (Phi) is 39.1. The zero-order chi connectivity index (χ0) is 35.9. The van der Waals surface area contributed by atoms with E-state index >= 15 is 0 Å². The molecule has 0 aromatic heterocycles. The van der Waals surface area contributed by atoms with Crippen molar-refractivity contribution in [2.75, 3.05) is 24.7 Å². The molecule has 288 valence electrons. The molecule has 0 amide bonds. The van der Waals surface area contributed by atoms with Crippen molar-refractivity contribution in [2.24, 2.45) is 0 Å². The van der Waals surface area contributed by atoms with Crippen molar-refractivity contribution in [1.29, 1.82) is 0 Å². The molecule has 0 aromatic rings. The van der Waals surface area contributed by atoms with E-state index in [0.717, 1.165) is 37.2 Å². The average Bonchev–Trinajstić information content (AvgIpc) is 3.08. The van der Waals surface area contributed by atoms with Gasteiger partial charge in [0.15, 0.2) is 0 Å². The van der Waals surface area contributed by atoms with Gasteiger partial charge in [-0.05, 0) is 25.7 Å². The summed E-state index contributed by atoms with van der Waals surface area (Å²) in [5, 5.41) is 0. The van der Waals surface area contributed by atoms with Gasteiger partial charge >= 0.3 is 189 Å². The summed E-state index contributed by atoms with van der Waals surface area (Å²) in [5.41, 5.74) is 0. The van der Waals surface area contributed by atoms with Crippen molar-refractivity contribution in [3.63, 3.8) is 0 Å². The van der Waals surface area contributed by atoms with Crippen LogP contribution in [0.5, 0.6) is 0 Å². The van der Waals surface area contributed by atoms with Gasteiger partial charge in [0.25, 0.3) is 0 Å². The Morgan fingerprint density at radius 2 is 0.735 bits per heavy atom. The van der Waals surface area contributed by atoms with Crippen molar-refractivity contribution in [3.05, 3.63) is 24.3 Å². The summed E-state index contributed by atoms with van der Waals surface area (Å²) >= 11 is -2.31. The number of hydrogen-bond donors (Lipinski definition) is 0. The van der Waals surface area contributed by atoms with Crippen LogP contribution in [0.4, 0.5) is 0 Å². The molecule has 0 aliphatic carbocycles. The van der Waals surface area contributed by atoms with E-state index in [9.17, 15) is 9.59 Å². The van der Waals surface area contributed by atoms with Gasteiger partial charge in [-0.25, -0.2) is 0 Å². The summed E-state index contributed by atoms with van der Waals surface area (Å²) in [4.78, 5) is 29.0. The van der Waals surface area contributed by atoms with Crippen LogP contribution in [0.15, 0.2) is 24.3 Å². The fraction of sp³-hybridized carbons (Fsp3) is 0.857. The van der Waals surface area contributed by atoms with Gasteiger partial charge in [0.2, 0.25) is 0 Å². The molecule has 0 rings (SSSR count). The Morgan fingerprint density at radius 3 is 1.06 bits per heavy atom. The Bertz CT molecular complexity index is 725. The number of unbranched alkanes of at least 4 members (excludes halogenated alkanes) is 22. The van der Waals surface area contributed by atoms with Crippen molar-refractivity contribution in [1.82, 2.24) is 0 Å². The molecule has 0 fully saturated rings. The van der Waals surface area contributed by atoms with E-state index in [1.54, 1.807) is 0 Å². The molecule has 0 bridgehead atoms. The first-order valence-corrected chi connectivity index (χ1v) is 35.5. The number of allylic oxidation sites excluding steroid dienone is 4. The van der Waals surface area contributed by atoms with E-state index in [0.29, 0.717) is 26.1 Å². The first-order chi connectivity index (χ1) is 23.9. The van der Waals surface area contributed by atoms with Crippen molar-refractivity contribution >= 4 is 45.4 Å². The smallest absolute Gasteiger partial charge is 0.0885 e. The van der Waals surface area contributed by atoms with E-state index in [1.165, 1.54) is 141 Å². The molecule has 0 saturated heterocycles. The van der Waals surface area contributed by atoms with Gasteiger partial charge in [0.1, 0.15) is 0 Å². The summed E-state index contributed by atoms with van der Waals surface area (Å²) in [5.74, 6) is 1.67. The maximum atomic E-state index is 12.1. The monoisotopic (exact) mass is 832 g/mol. The molecule has 0 heterocycles. The minimum absolute atomic E-state index is 0.0444. The number of esters is 2. The second-order valence-corrected chi connectivity index (χ2v) is 44.0. The molecule has 7 heteroatoms. The number of carbonyl (C=O) groups is 2. The SMILES string of the molecule is CCCCCCCC/C=C\CCCCCCCC(=O)OCC[S][Sn]([CH3])([CH3])[S]CCOC(=O)CCCCCCC/C=C\CCCCCCCC. The van der Waals surface area contributed by atoms with Crippen LogP contribution in [0, 0.1) is 0 Å². The van der Waals surface area contributed by atoms with Gasteiger partial charge in [-0.15, -0.1) is 0 Å². The van der Waals surface area contributed by atoms with Gasteiger partial charge in [-0.1, -0.05) is 102 Å². The fourth-order valence-corrected chi connectivity index (χ4v) is 22.7. The summed E-state index contributed by atoms with van der Waals surface area (Å²) in [6, 6.07) is 0. The third-order valence-corrected chi connectivity index (χ3v) is 31.2. The standard InChI is InChI=1S/2C20H38O2S.2CH3.Sn/c2*1-2-3-4-5-6-7-8-9-10-11-12-13-14-15-16-17-20(21)22-18-19-23;;;/h2*9-10,23H,2-8,11-19H2,1H3;2*1H3;/q;;;;+2/p-2/b2*10-9-;;;. The molecule has 0 spiro atoms. The minimum atomic E-state index is -2.31. The first kappa shape index (κ1) is 48.9. The molecule has 49 heavy (non-hydrogen) atoms. The topological polar surface area (TPSA) is 52.6 Å². The summed E-state index contributed by atoms with van der Waals surface area (Å²) < 4.78 is 11.0. The molecular formula is C42H80O4S2Sn. The van der Waals surface area contributed by atoms with Gasteiger partial charge in [0.05, 0.1) is 0 Å². The van der Waals surface area contributed by atoms with Crippen LogP contribution in [0.3, 0.4) is 0 Å². The fourth-order valence-electron chi connectivity index (χ4n) is 5.75. The van der Waals surface area contributed by atoms with Crippen molar-refractivity contribution < 1.29 is 19.1 Å². The number of carbonyl (C=O) groups excluding carboxylic acids is 2. The van der Waals surface area contributed by atoms with E-state index in [2.05, 4.69) is 48.0 Å². The van der Waals surface area contributed by atoms with Gasteiger partial charge in [-0.2, -0.15) is 0 Å². The minimum Gasteiger partial charge on any atom is -0.0885 e. The molecule has 0 atom stereocenters. The Balaban J connectivity index is 3.52. The van der Waals surface area contributed by atoms with Crippen LogP contribution in [0.1, 0.15) is 194 Å². The molecular weight excluding hydrogens is 751 g/mol. The molecule has 0 N–H and O–H groups in total. The molecule has 0 saturated carbocycles. The number of rotatable bonds is 38. The van der Waals surface area contributed by atoms with Crippen LogP contribution >= 0.6 is 17.9 Å². The maximum absolute atomic E-state index is 12.1. The van der Waals surface area contributed by atoms with E-state index in [1.807, 2.05) is 17.9 Å². The third-order valence-electron chi connectivity index (χ3n) is 8.88. The molecule has 4 nitrogen and oxygen atoms in total. The van der Waals surface area contributed by atoms with Gasteiger partial charge in [0, 0.05) is 0 Å². The Labute approximate surface area is 315 Å². The van der Waals surface area contributed by atoms with Crippen LogP contribution in [0.2, 0.25) is 9.88 Å². The molecule has 0 aliphatic heterocycles. The van der Waals surface area contributed by atoms with Gasteiger partial charge in [-0.3, -0.25) is 0 Å². The Hall–Kier alpha value is -0.0813. The normalized spacial score (nSPS) is 12.0. The summed E-state index contributed by atoms with van der Waals surface area (Å²) in [6.07, 6.45) is 43.4. The zero-order valence-electron chi connectivity index (χ0n) is 32.9. The number of hydrogen-bond acceptors (Lipinski definition) is 6. The molecule has 0 radical (unpaired) electrons.